The summed E-state index contributed by atoms with van der Waals surface area (Å²) >= 11 is 3.41. The number of nitrogens with zero attached hydrogens (tertiary/aromatic N) is 2. The van der Waals surface area contributed by atoms with Gasteiger partial charge in [0.1, 0.15) is 5.76 Å². The number of methoxy groups -OCH3 is 1. The SMILES string of the molecule is COc1cc(Br)cc2cc(C(=O)N/N=C\c3cn(Cc4ccc(C(=O)O)o4)c4ccccc34)oc12. The van der Waals surface area contributed by atoms with E-state index in [0.29, 0.717) is 23.6 Å². The van der Waals surface area contributed by atoms with Gasteiger partial charge in [0.25, 0.3) is 0 Å². The molecule has 2 N–H and O–H groups in total. The summed E-state index contributed by atoms with van der Waals surface area (Å²) in [7, 11) is 1.53. The summed E-state index contributed by atoms with van der Waals surface area (Å²) < 4.78 is 19.1. The largest absolute Gasteiger partial charge is 0.493 e. The average molecular weight is 536 g/mol. The monoisotopic (exact) mass is 535 g/mol. The number of hydrogen-bond donors (Lipinski definition) is 2. The summed E-state index contributed by atoms with van der Waals surface area (Å²) in [5.74, 6) is -0.618. The molecule has 0 radical (unpaired) electrons. The number of amides is 1. The molecule has 1 amide bonds. The number of carboxylic acid groups (broad SMARTS) is 1. The van der Waals surface area contributed by atoms with Crippen molar-refractivity contribution in [3.63, 3.8) is 0 Å². The highest BCUT2D eigenvalue weighted by Gasteiger charge is 2.16. The maximum atomic E-state index is 12.6. The van der Waals surface area contributed by atoms with Gasteiger partial charge in [-0.2, -0.15) is 5.10 Å². The van der Waals surface area contributed by atoms with Gasteiger partial charge in [0.15, 0.2) is 17.1 Å². The molecule has 3 aromatic heterocycles. The molecule has 3 heterocycles. The number of nitrogens with one attached hydrogen (secondary N) is 1. The molecule has 0 unspecified atom stereocenters. The van der Waals surface area contributed by atoms with Crippen LogP contribution in [-0.4, -0.2) is 34.9 Å². The van der Waals surface area contributed by atoms with Gasteiger partial charge in [-0.25, -0.2) is 10.2 Å². The van der Waals surface area contributed by atoms with E-state index in [0.717, 1.165) is 26.3 Å². The Morgan fingerprint density at radius 3 is 2.74 bits per heavy atom. The van der Waals surface area contributed by atoms with Crippen LogP contribution in [0.1, 0.15) is 32.4 Å². The highest BCUT2D eigenvalue weighted by Crippen LogP contribution is 2.32. The van der Waals surface area contributed by atoms with E-state index in [1.54, 1.807) is 24.4 Å². The van der Waals surface area contributed by atoms with Gasteiger partial charge < -0.3 is 23.2 Å². The smallest absolute Gasteiger partial charge is 0.371 e. The lowest BCUT2D eigenvalue weighted by atomic mass is 10.2. The molecular formula is C25H18BrN3O6. The Balaban J connectivity index is 1.37. The van der Waals surface area contributed by atoms with Gasteiger partial charge in [-0.3, -0.25) is 4.79 Å². The van der Waals surface area contributed by atoms with Crippen molar-refractivity contribution in [2.24, 2.45) is 5.10 Å². The molecule has 0 spiro atoms. The fourth-order valence-electron chi connectivity index (χ4n) is 3.82. The van der Waals surface area contributed by atoms with Crippen molar-refractivity contribution in [1.82, 2.24) is 9.99 Å². The number of fused-ring (bicyclic) bond motifs is 2. The van der Waals surface area contributed by atoms with Crippen LogP contribution in [0.3, 0.4) is 0 Å². The summed E-state index contributed by atoms with van der Waals surface area (Å²) in [5, 5.41) is 14.8. The van der Waals surface area contributed by atoms with Gasteiger partial charge in [0.2, 0.25) is 5.76 Å². The molecule has 0 saturated carbocycles. The number of rotatable bonds is 7. The Labute approximate surface area is 206 Å². The van der Waals surface area contributed by atoms with Gasteiger partial charge in [-0.1, -0.05) is 34.1 Å². The lowest BCUT2D eigenvalue weighted by Crippen LogP contribution is -2.16. The molecule has 0 saturated heterocycles. The number of aromatic nitrogens is 1. The molecule has 10 heteroatoms. The molecule has 9 nitrogen and oxygen atoms in total. The Hall–Kier alpha value is -4.31. The van der Waals surface area contributed by atoms with Crippen LogP contribution < -0.4 is 10.2 Å². The average Bonchev–Trinajstić information content (AvgIpc) is 3.57. The Morgan fingerprint density at radius 2 is 1.97 bits per heavy atom. The second-order valence-corrected chi connectivity index (χ2v) is 8.55. The number of furan rings is 2. The van der Waals surface area contributed by atoms with Crippen LogP contribution in [0.2, 0.25) is 0 Å². The lowest BCUT2D eigenvalue weighted by molar-refractivity contribution is 0.0660. The first-order valence-electron chi connectivity index (χ1n) is 10.4. The van der Waals surface area contributed by atoms with Gasteiger partial charge in [-0.05, 0) is 36.4 Å². The Morgan fingerprint density at radius 1 is 1.14 bits per heavy atom. The fourth-order valence-corrected chi connectivity index (χ4v) is 4.27. The summed E-state index contributed by atoms with van der Waals surface area (Å²) in [5.41, 5.74) is 4.63. The summed E-state index contributed by atoms with van der Waals surface area (Å²) in [6.07, 6.45) is 3.40. The van der Waals surface area contributed by atoms with E-state index in [9.17, 15) is 9.59 Å². The van der Waals surface area contributed by atoms with Crippen molar-refractivity contribution < 1.29 is 28.3 Å². The standard InChI is InChI=1S/C25H18BrN3O6/c1-33-21-10-16(26)8-14-9-22(35-23(14)21)24(30)28-27-11-15-12-29(19-5-3-2-4-18(15)19)13-17-6-7-20(34-17)25(31)32/h2-12H,13H2,1H3,(H,28,30)(H,31,32)/b27-11-. The second-order valence-electron chi connectivity index (χ2n) is 7.64. The number of carbonyl (C=O) groups is 2. The summed E-state index contributed by atoms with van der Waals surface area (Å²) in [4.78, 5) is 23.7. The maximum Gasteiger partial charge on any atom is 0.371 e. The zero-order chi connectivity index (χ0) is 24.5. The number of hydrazone groups is 1. The van der Waals surface area contributed by atoms with Crippen molar-refractivity contribution in [3.05, 3.63) is 88.1 Å². The van der Waals surface area contributed by atoms with Crippen LogP contribution in [0, 0.1) is 0 Å². The van der Waals surface area contributed by atoms with Crippen LogP contribution in [-0.2, 0) is 6.54 Å². The molecule has 0 aliphatic rings. The zero-order valence-electron chi connectivity index (χ0n) is 18.3. The molecule has 2 aromatic carbocycles. The normalized spacial score (nSPS) is 11.5. The van der Waals surface area contributed by atoms with E-state index in [1.165, 1.54) is 13.2 Å². The Bertz CT molecular complexity index is 1610. The lowest BCUT2D eigenvalue weighted by Gasteiger charge is -2.02. The van der Waals surface area contributed by atoms with Gasteiger partial charge in [-0.15, -0.1) is 0 Å². The third kappa shape index (κ3) is 4.43. The molecule has 176 valence electrons. The van der Waals surface area contributed by atoms with E-state index >= 15 is 0 Å². The van der Waals surface area contributed by atoms with E-state index in [2.05, 4.69) is 26.5 Å². The first kappa shape index (κ1) is 22.5. The number of aromatic carboxylic acids is 1. The minimum Gasteiger partial charge on any atom is -0.493 e. The third-order valence-corrected chi connectivity index (χ3v) is 5.84. The van der Waals surface area contributed by atoms with Crippen LogP contribution >= 0.6 is 15.9 Å². The summed E-state index contributed by atoms with van der Waals surface area (Å²) in [6, 6.07) is 15.9. The first-order valence-corrected chi connectivity index (χ1v) is 11.2. The van der Waals surface area contributed by atoms with Crippen LogP contribution in [0.15, 0.2) is 79.2 Å². The third-order valence-electron chi connectivity index (χ3n) is 5.38. The number of benzene rings is 2. The van der Waals surface area contributed by atoms with Crippen molar-refractivity contribution in [1.29, 1.82) is 0 Å². The molecule has 0 bridgehead atoms. The van der Waals surface area contributed by atoms with E-state index in [4.69, 9.17) is 18.7 Å². The highest BCUT2D eigenvalue weighted by atomic mass is 79.9. The molecule has 0 aliphatic heterocycles. The van der Waals surface area contributed by atoms with Crippen molar-refractivity contribution in [2.45, 2.75) is 6.54 Å². The van der Waals surface area contributed by atoms with Crippen LogP contribution in [0.25, 0.3) is 21.9 Å². The number of para-hydroxylation sites is 1. The molecule has 5 rings (SSSR count). The maximum absolute atomic E-state index is 12.6. The first-order chi connectivity index (χ1) is 16.9. The number of carbonyl (C=O) groups excluding carboxylic acids is 1. The minimum absolute atomic E-state index is 0.100. The number of hydrogen-bond acceptors (Lipinski definition) is 6. The predicted octanol–water partition coefficient (Wildman–Crippen LogP) is 5.26. The molecule has 0 aliphatic carbocycles. The van der Waals surface area contributed by atoms with E-state index in [1.807, 2.05) is 41.1 Å². The second kappa shape index (κ2) is 9.15. The van der Waals surface area contributed by atoms with Gasteiger partial charge in [0, 0.05) is 32.5 Å². The van der Waals surface area contributed by atoms with Crippen molar-refractivity contribution >= 4 is 55.9 Å². The van der Waals surface area contributed by atoms with E-state index in [-0.39, 0.29) is 11.5 Å². The molecular weight excluding hydrogens is 518 g/mol. The number of ether oxygens (including phenoxy) is 1. The Kier molecular flexibility index (Phi) is 5.87. The minimum atomic E-state index is -1.12. The topological polar surface area (TPSA) is 119 Å². The fraction of sp³-hybridized carbons (Fsp3) is 0.0800. The van der Waals surface area contributed by atoms with Crippen LogP contribution in [0.5, 0.6) is 5.75 Å². The molecule has 0 fully saturated rings. The molecule has 35 heavy (non-hydrogen) atoms. The zero-order valence-corrected chi connectivity index (χ0v) is 19.9. The highest BCUT2D eigenvalue weighted by molar-refractivity contribution is 9.10. The quantitative estimate of drug-likeness (QED) is 0.216. The molecule has 5 aromatic rings. The molecule has 0 atom stereocenters. The predicted molar refractivity (Wildman–Crippen MR) is 132 cm³/mol. The number of halogens is 1. The van der Waals surface area contributed by atoms with Crippen LogP contribution in [0.4, 0.5) is 0 Å². The van der Waals surface area contributed by atoms with Crippen molar-refractivity contribution in [3.8, 4) is 5.75 Å². The van der Waals surface area contributed by atoms with Crippen molar-refractivity contribution in [2.75, 3.05) is 7.11 Å². The number of carboxylic acids is 1. The van der Waals surface area contributed by atoms with E-state index < -0.39 is 11.9 Å². The summed E-state index contributed by atoms with van der Waals surface area (Å²) in [6.45, 7) is 0.338. The van der Waals surface area contributed by atoms with Gasteiger partial charge >= 0.3 is 11.9 Å². The van der Waals surface area contributed by atoms with Gasteiger partial charge in [0.05, 0.1) is 19.9 Å².